The largest absolute Gasteiger partial charge is 0.351 e. The predicted octanol–water partition coefficient (Wildman–Crippen LogP) is 4.58. The van der Waals surface area contributed by atoms with Gasteiger partial charge in [0.25, 0.3) is 5.91 Å². The number of nitrogens with one attached hydrogen (secondary N) is 2. The molecule has 0 radical (unpaired) electrons. The number of amides is 2. The first-order valence-corrected chi connectivity index (χ1v) is 9.93. The number of halogens is 2. The number of carbonyl (C=O) groups is 2. The molecule has 0 aliphatic carbocycles. The van der Waals surface area contributed by atoms with Gasteiger partial charge in [-0.15, -0.1) is 10.2 Å². The van der Waals surface area contributed by atoms with Crippen molar-refractivity contribution in [2.75, 3.05) is 11.9 Å². The summed E-state index contributed by atoms with van der Waals surface area (Å²) in [6.07, 6.45) is 0.0936. The van der Waals surface area contributed by atoms with Gasteiger partial charge in [0, 0.05) is 23.6 Å². The molecular weight excluding hydrogens is 419 g/mol. The van der Waals surface area contributed by atoms with E-state index in [0.717, 1.165) is 16.1 Å². The van der Waals surface area contributed by atoms with E-state index in [1.807, 2.05) is 31.2 Å². The van der Waals surface area contributed by atoms with Crippen LogP contribution in [0.4, 0.5) is 5.13 Å². The SMILES string of the molecule is Cc1ccc(-c2nnc(NC(=O)CCNC(=O)c3ccc(Cl)cc3Cl)s2)cc1. The Morgan fingerprint density at radius 1 is 1.07 bits per heavy atom. The van der Waals surface area contributed by atoms with Gasteiger partial charge < -0.3 is 10.6 Å². The van der Waals surface area contributed by atoms with Gasteiger partial charge in [0.2, 0.25) is 11.0 Å². The summed E-state index contributed by atoms with van der Waals surface area (Å²) in [6, 6.07) is 12.5. The highest BCUT2D eigenvalue weighted by Crippen LogP contribution is 2.26. The molecule has 28 heavy (non-hydrogen) atoms. The Hall–Kier alpha value is -2.48. The van der Waals surface area contributed by atoms with E-state index in [2.05, 4.69) is 20.8 Å². The topological polar surface area (TPSA) is 84.0 Å². The van der Waals surface area contributed by atoms with Crippen LogP contribution in [0.15, 0.2) is 42.5 Å². The second-order valence-electron chi connectivity index (χ2n) is 5.96. The van der Waals surface area contributed by atoms with Crippen molar-refractivity contribution in [1.82, 2.24) is 15.5 Å². The molecule has 6 nitrogen and oxygen atoms in total. The molecule has 2 N–H and O–H groups in total. The summed E-state index contributed by atoms with van der Waals surface area (Å²) in [5.74, 6) is -0.638. The van der Waals surface area contributed by atoms with Crippen molar-refractivity contribution in [2.45, 2.75) is 13.3 Å². The normalized spacial score (nSPS) is 10.5. The highest BCUT2D eigenvalue weighted by molar-refractivity contribution is 7.18. The first-order chi connectivity index (χ1) is 13.4. The van der Waals surface area contributed by atoms with Gasteiger partial charge in [0.15, 0.2) is 0 Å². The minimum atomic E-state index is -0.368. The summed E-state index contributed by atoms with van der Waals surface area (Å²) in [4.78, 5) is 24.2. The van der Waals surface area contributed by atoms with Gasteiger partial charge in [-0.3, -0.25) is 9.59 Å². The van der Waals surface area contributed by atoms with Crippen molar-refractivity contribution in [3.05, 3.63) is 63.6 Å². The minimum Gasteiger partial charge on any atom is -0.351 e. The number of benzene rings is 2. The molecule has 144 valence electrons. The fraction of sp³-hybridized carbons (Fsp3) is 0.158. The second-order valence-corrected chi connectivity index (χ2v) is 7.78. The summed E-state index contributed by atoms with van der Waals surface area (Å²) < 4.78 is 0. The number of hydrogen-bond acceptors (Lipinski definition) is 5. The molecule has 3 rings (SSSR count). The van der Waals surface area contributed by atoms with E-state index in [0.29, 0.717) is 15.7 Å². The number of hydrogen-bond donors (Lipinski definition) is 2. The zero-order valence-electron chi connectivity index (χ0n) is 14.8. The molecule has 0 atom stereocenters. The van der Waals surface area contributed by atoms with Crippen LogP contribution < -0.4 is 10.6 Å². The van der Waals surface area contributed by atoms with Crippen LogP contribution in [-0.4, -0.2) is 28.6 Å². The van der Waals surface area contributed by atoms with Gasteiger partial charge >= 0.3 is 0 Å². The van der Waals surface area contributed by atoms with Crippen LogP contribution in [0.5, 0.6) is 0 Å². The first-order valence-electron chi connectivity index (χ1n) is 8.36. The Balaban J connectivity index is 1.49. The Morgan fingerprint density at radius 2 is 1.82 bits per heavy atom. The molecule has 3 aromatic rings. The van der Waals surface area contributed by atoms with Crippen LogP contribution in [0.25, 0.3) is 10.6 Å². The summed E-state index contributed by atoms with van der Waals surface area (Å²) in [5, 5.41) is 15.3. The van der Waals surface area contributed by atoms with Gasteiger partial charge in [-0.05, 0) is 25.1 Å². The van der Waals surface area contributed by atoms with E-state index in [-0.39, 0.29) is 29.8 Å². The van der Waals surface area contributed by atoms with E-state index in [9.17, 15) is 9.59 Å². The van der Waals surface area contributed by atoms with Gasteiger partial charge in [-0.1, -0.05) is 64.4 Å². The van der Waals surface area contributed by atoms with Gasteiger partial charge in [-0.25, -0.2) is 0 Å². The maximum Gasteiger partial charge on any atom is 0.252 e. The molecule has 0 spiro atoms. The number of aryl methyl sites for hydroxylation is 1. The van der Waals surface area contributed by atoms with Crippen molar-refractivity contribution in [3.8, 4) is 10.6 Å². The molecule has 0 saturated heterocycles. The number of anilines is 1. The minimum absolute atomic E-state index is 0.0936. The van der Waals surface area contributed by atoms with Crippen LogP contribution in [0.1, 0.15) is 22.3 Å². The molecule has 0 saturated carbocycles. The van der Waals surface area contributed by atoms with Crippen molar-refractivity contribution >= 4 is 51.5 Å². The maximum atomic E-state index is 12.1. The standard InChI is InChI=1S/C19H16Cl2N4O2S/c1-11-2-4-12(5-3-11)18-24-25-19(28-18)23-16(26)8-9-22-17(27)14-7-6-13(20)10-15(14)21/h2-7,10H,8-9H2,1H3,(H,22,27)(H,23,25,26). The van der Waals surface area contributed by atoms with Crippen LogP contribution in [0, 0.1) is 6.92 Å². The molecule has 0 unspecified atom stereocenters. The molecule has 0 fully saturated rings. The molecule has 9 heteroatoms. The molecule has 0 bridgehead atoms. The average Bonchev–Trinajstić information content (AvgIpc) is 3.10. The lowest BCUT2D eigenvalue weighted by atomic mass is 10.2. The Labute approximate surface area is 175 Å². The molecule has 1 aromatic heterocycles. The lowest BCUT2D eigenvalue weighted by molar-refractivity contribution is -0.116. The summed E-state index contributed by atoms with van der Waals surface area (Å²) in [6.45, 7) is 2.17. The fourth-order valence-electron chi connectivity index (χ4n) is 2.33. The van der Waals surface area contributed by atoms with E-state index in [1.54, 1.807) is 6.07 Å². The van der Waals surface area contributed by atoms with Crippen LogP contribution >= 0.6 is 34.5 Å². The number of aromatic nitrogens is 2. The van der Waals surface area contributed by atoms with Crippen molar-refractivity contribution in [2.24, 2.45) is 0 Å². The second kappa shape index (κ2) is 9.14. The van der Waals surface area contributed by atoms with Gasteiger partial charge in [0.1, 0.15) is 5.01 Å². The molecule has 2 aromatic carbocycles. The van der Waals surface area contributed by atoms with E-state index in [1.165, 1.54) is 23.5 Å². The quantitative estimate of drug-likeness (QED) is 0.594. The van der Waals surface area contributed by atoms with Gasteiger partial charge in [0.05, 0.1) is 10.6 Å². The highest BCUT2D eigenvalue weighted by atomic mass is 35.5. The van der Waals surface area contributed by atoms with Crippen molar-refractivity contribution in [3.63, 3.8) is 0 Å². The molecule has 2 amide bonds. The zero-order valence-corrected chi connectivity index (χ0v) is 17.2. The van der Waals surface area contributed by atoms with E-state index >= 15 is 0 Å². The smallest absolute Gasteiger partial charge is 0.252 e. The predicted molar refractivity (Wildman–Crippen MR) is 112 cm³/mol. The molecular formula is C19H16Cl2N4O2S. The van der Waals surface area contributed by atoms with Gasteiger partial charge in [-0.2, -0.15) is 0 Å². The molecule has 1 heterocycles. The number of rotatable bonds is 6. The van der Waals surface area contributed by atoms with E-state index < -0.39 is 0 Å². The third kappa shape index (κ3) is 5.28. The Bertz CT molecular complexity index is 1010. The summed E-state index contributed by atoms with van der Waals surface area (Å²) in [7, 11) is 0. The summed E-state index contributed by atoms with van der Waals surface area (Å²) in [5.41, 5.74) is 2.40. The molecule has 0 aliphatic heterocycles. The Morgan fingerprint density at radius 3 is 2.54 bits per heavy atom. The monoisotopic (exact) mass is 434 g/mol. The molecule has 0 aliphatic rings. The third-order valence-electron chi connectivity index (χ3n) is 3.78. The van der Waals surface area contributed by atoms with E-state index in [4.69, 9.17) is 23.2 Å². The zero-order chi connectivity index (χ0) is 20.1. The maximum absolute atomic E-state index is 12.1. The van der Waals surface area contributed by atoms with Crippen LogP contribution in [0.3, 0.4) is 0 Å². The number of nitrogens with zero attached hydrogens (tertiary/aromatic N) is 2. The van der Waals surface area contributed by atoms with Crippen molar-refractivity contribution < 1.29 is 9.59 Å². The highest BCUT2D eigenvalue weighted by Gasteiger charge is 2.12. The lowest BCUT2D eigenvalue weighted by Crippen LogP contribution is -2.27. The van der Waals surface area contributed by atoms with Crippen LogP contribution in [0.2, 0.25) is 10.0 Å². The number of carbonyl (C=O) groups excluding carboxylic acids is 2. The lowest BCUT2D eigenvalue weighted by Gasteiger charge is -2.07. The third-order valence-corrected chi connectivity index (χ3v) is 5.22. The fourth-order valence-corrected chi connectivity index (χ4v) is 3.59. The van der Waals surface area contributed by atoms with Crippen LogP contribution in [-0.2, 0) is 4.79 Å². The van der Waals surface area contributed by atoms with Crippen molar-refractivity contribution in [1.29, 1.82) is 0 Å². The first kappa shape index (κ1) is 20.3. The average molecular weight is 435 g/mol. The Kier molecular flexibility index (Phi) is 6.61. The summed E-state index contributed by atoms with van der Waals surface area (Å²) >= 11 is 13.1.